The van der Waals surface area contributed by atoms with Gasteiger partial charge in [-0.25, -0.2) is 5.48 Å². The Balaban J connectivity index is 2.54. The van der Waals surface area contributed by atoms with Crippen molar-refractivity contribution in [2.45, 2.75) is 27.7 Å². The van der Waals surface area contributed by atoms with Crippen molar-refractivity contribution < 1.29 is 14.0 Å². The second-order valence-electron chi connectivity index (χ2n) is 4.32. The normalized spacial score (nSPS) is 10.9. The average molecular weight is 247 g/mol. The molecule has 0 atom stereocenters. The van der Waals surface area contributed by atoms with E-state index in [2.05, 4.69) is 5.48 Å². The van der Waals surface area contributed by atoms with Gasteiger partial charge in [-0.05, 0) is 38.8 Å². The Morgan fingerprint density at radius 3 is 2.56 bits per heavy atom. The number of carbonyl (C=O) groups excluding carboxylic acids is 1. The lowest BCUT2D eigenvalue weighted by molar-refractivity contribution is 0.0341. The van der Waals surface area contributed by atoms with Crippen LogP contribution >= 0.6 is 0 Å². The number of hydroxylamine groups is 1. The summed E-state index contributed by atoms with van der Waals surface area (Å²) in [7, 11) is 0. The molecule has 0 saturated carbocycles. The molecule has 0 aliphatic carbocycles. The van der Waals surface area contributed by atoms with E-state index >= 15 is 0 Å². The number of fused-ring (bicyclic) bond motifs is 1. The van der Waals surface area contributed by atoms with E-state index in [-0.39, 0.29) is 5.91 Å². The van der Waals surface area contributed by atoms with Gasteiger partial charge in [-0.15, -0.1) is 0 Å². The largest absolute Gasteiger partial charge is 0.450 e. The van der Waals surface area contributed by atoms with E-state index in [0.717, 1.165) is 27.7 Å². The third-order valence-electron chi connectivity index (χ3n) is 3.00. The van der Waals surface area contributed by atoms with Crippen molar-refractivity contribution in [2.24, 2.45) is 0 Å². The van der Waals surface area contributed by atoms with Crippen LogP contribution in [0.4, 0.5) is 0 Å². The zero-order valence-electron chi connectivity index (χ0n) is 11.1. The van der Waals surface area contributed by atoms with E-state index in [1.807, 2.05) is 32.9 Å². The van der Waals surface area contributed by atoms with Crippen LogP contribution in [0.5, 0.6) is 0 Å². The molecular formula is C14H17NO3. The molecule has 0 aliphatic rings. The molecule has 2 rings (SSSR count). The Morgan fingerprint density at radius 2 is 1.94 bits per heavy atom. The van der Waals surface area contributed by atoms with Crippen molar-refractivity contribution in [3.05, 3.63) is 34.6 Å². The summed E-state index contributed by atoms with van der Waals surface area (Å²) in [4.78, 5) is 16.8. The summed E-state index contributed by atoms with van der Waals surface area (Å²) >= 11 is 0. The molecule has 0 unspecified atom stereocenters. The Bertz CT molecular complexity index is 599. The first-order valence-corrected chi connectivity index (χ1v) is 5.97. The van der Waals surface area contributed by atoms with E-state index in [0.29, 0.717) is 12.4 Å². The number of nitrogens with one attached hydrogen (secondary N) is 1. The average Bonchev–Trinajstić information content (AvgIpc) is 2.70. The highest BCUT2D eigenvalue weighted by atomic mass is 16.7. The lowest BCUT2D eigenvalue weighted by Crippen LogP contribution is -2.23. The molecule has 1 aromatic carbocycles. The van der Waals surface area contributed by atoms with Crippen LogP contribution in [0.3, 0.4) is 0 Å². The van der Waals surface area contributed by atoms with E-state index in [9.17, 15) is 4.79 Å². The van der Waals surface area contributed by atoms with E-state index < -0.39 is 0 Å². The molecule has 0 saturated heterocycles. The van der Waals surface area contributed by atoms with Crippen LogP contribution < -0.4 is 5.48 Å². The molecule has 1 heterocycles. The molecule has 4 heteroatoms. The van der Waals surface area contributed by atoms with Gasteiger partial charge in [0.2, 0.25) is 0 Å². The number of carbonyl (C=O) groups is 1. The fraction of sp³-hybridized carbons (Fsp3) is 0.357. The van der Waals surface area contributed by atoms with E-state index in [1.54, 1.807) is 6.92 Å². The van der Waals surface area contributed by atoms with Crippen LogP contribution in [0.2, 0.25) is 0 Å². The van der Waals surface area contributed by atoms with Crippen LogP contribution in [-0.4, -0.2) is 12.5 Å². The van der Waals surface area contributed by atoms with Gasteiger partial charge in [-0.2, -0.15) is 0 Å². The molecule has 1 amide bonds. The number of aryl methyl sites for hydroxylation is 3. The predicted molar refractivity (Wildman–Crippen MR) is 69.5 cm³/mol. The number of hydrogen-bond acceptors (Lipinski definition) is 3. The summed E-state index contributed by atoms with van der Waals surface area (Å²) in [6, 6.07) is 4.02. The highest BCUT2D eigenvalue weighted by Gasteiger charge is 2.19. The molecule has 0 fully saturated rings. The SMILES string of the molecule is CCONC(=O)c1oc2c(C)ccc(C)c2c1C. The lowest BCUT2D eigenvalue weighted by Gasteiger charge is -2.01. The van der Waals surface area contributed by atoms with Crippen LogP contribution in [-0.2, 0) is 4.84 Å². The van der Waals surface area contributed by atoms with E-state index in [4.69, 9.17) is 9.25 Å². The van der Waals surface area contributed by atoms with Crippen LogP contribution in [0, 0.1) is 20.8 Å². The van der Waals surface area contributed by atoms with Crippen molar-refractivity contribution in [3.8, 4) is 0 Å². The van der Waals surface area contributed by atoms with Crippen molar-refractivity contribution in [3.63, 3.8) is 0 Å². The fourth-order valence-corrected chi connectivity index (χ4v) is 2.08. The molecule has 0 aliphatic heterocycles. The predicted octanol–water partition coefficient (Wildman–Crippen LogP) is 3.04. The minimum absolute atomic E-state index is 0.316. The van der Waals surface area contributed by atoms with Gasteiger partial charge >= 0.3 is 5.91 Å². The first kappa shape index (κ1) is 12.6. The van der Waals surface area contributed by atoms with Gasteiger partial charge in [0.25, 0.3) is 0 Å². The summed E-state index contributed by atoms with van der Waals surface area (Å²) in [5.41, 5.74) is 6.11. The molecule has 18 heavy (non-hydrogen) atoms. The molecule has 1 N–H and O–H groups in total. The quantitative estimate of drug-likeness (QED) is 0.848. The van der Waals surface area contributed by atoms with Crippen molar-refractivity contribution in [1.82, 2.24) is 5.48 Å². The van der Waals surface area contributed by atoms with Crippen molar-refractivity contribution in [1.29, 1.82) is 0 Å². The Kier molecular flexibility index (Phi) is 3.39. The van der Waals surface area contributed by atoms with Gasteiger partial charge in [0.05, 0.1) is 6.61 Å². The number of benzene rings is 1. The summed E-state index contributed by atoms with van der Waals surface area (Å²) in [5.74, 6) is -0.0276. The maximum atomic E-state index is 11.9. The van der Waals surface area contributed by atoms with Crippen molar-refractivity contribution in [2.75, 3.05) is 6.61 Å². The van der Waals surface area contributed by atoms with Gasteiger partial charge in [0, 0.05) is 10.9 Å². The zero-order valence-corrected chi connectivity index (χ0v) is 11.1. The minimum Gasteiger partial charge on any atom is -0.450 e. The van der Waals surface area contributed by atoms with Gasteiger partial charge in [0.15, 0.2) is 5.76 Å². The van der Waals surface area contributed by atoms with E-state index in [1.165, 1.54) is 0 Å². The third kappa shape index (κ3) is 1.99. The Morgan fingerprint density at radius 1 is 1.28 bits per heavy atom. The molecule has 1 aromatic heterocycles. The molecule has 96 valence electrons. The zero-order chi connectivity index (χ0) is 13.3. The van der Waals surface area contributed by atoms with Gasteiger partial charge in [-0.3, -0.25) is 9.63 Å². The van der Waals surface area contributed by atoms with Crippen molar-refractivity contribution >= 4 is 16.9 Å². The highest BCUT2D eigenvalue weighted by molar-refractivity contribution is 6.00. The standard InChI is InChI=1S/C14H17NO3/c1-5-17-15-14(16)13-10(4)11-8(2)6-7-9(3)12(11)18-13/h6-7H,5H2,1-4H3,(H,15,16). The van der Waals surface area contributed by atoms with Crippen LogP contribution in [0.1, 0.15) is 34.2 Å². The number of rotatable bonds is 3. The lowest BCUT2D eigenvalue weighted by atomic mass is 10.0. The summed E-state index contributed by atoms with van der Waals surface area (Å²) in [6.45, 7) is 8.09. The first-order chi connectivity index (χ1) is 8.56. The second-order valence-corrected chi connectivity index (χ2v) is 4.32. The molecule has 4 nitrogen and oxygen atoms in total. The number of hydrogen-bond donors (Lipinski definition) is 1. The number of amides is 1. The van der Waals surface area contributed by atoms with Crippen LogP contribution in [0.15, 0.2) is 16.5 Å². The Hall–Kier alpha value is -1.81. The smallest absolute Gasteiger partial charge is 0.310 e. The first-order valence-electron chi connectivity index (χ1n) is 5.97. The molecule has 0 spiro atoms. The highest BCUT2D eigenvalue weighted by Crippen LogP contribution is 2.30. The summed E-state index contributed by atoms with van der Waals surface area (Å²) in [6.07, 6.45) is 0. The van der Waals surface area contributed by atoms with Gasteiger partial charge < -0.3 is 4.42 Å². The third-order valence-corrected chi connectivity index (χ3v) is 3.00. The number of furan rings is 1. The van der Waals surface area contributed by atoms with Gasteiger partial charge in [-0.1, -0.05) is 12.1 Å². The molecular weight excluding hydrogens is 230 g/mol. The van der Waals surface area contributed by atoms with Crippen LogP contribution in [0.25, 0.3) is 11.0 Å². The second kappa shape index (κ2) is 4.82. The maximum Gasteiger partial charge on any atom is 0.310 e. The van der Waals surface area contributed by atoms with Gasteiger partial charge in [0.1, 0.15) is 5.58 Å². The topological polar surface area (TPSA) is 51.5 Å². The maximum absolute atomic E-state index is 11.9. The Labute approximate surface area is 106 Å². The molecule has 0 bridgehead atoms. The minimum atomic E-state index is -0.343. The fourth-order valence-electron chi connectivity index (χ4n) is 2.08. The molecule has 0 radical (unpaired) electrons. The monoisotopic (exact) mass is 247 g/mol. The summed E-state index contributed by atoms with van der Waals surface area (Å²) in [5, 5.41) is 1.01. The summed E-state index contributed by atoms with van der Waals surface area (Å²) < 4.78 is 5.68. The molecule has 2 aromatic rings.